The number of nitrogens with one attached hydrogen (secondary N) is 2. The molecule has 0 spiro atoms. The molecule has 1 unspecified atom stereocenters. The van der Waals surface area contributed by atoms with Gasteiger partial charge in [0, 0.05) is 33.8 Å². The Hall–Kier alpha value is -1.88. The lowest BCUT2D eigenvalue weighted by Gasteiger charge is -2.26. The van der Waals surface area contributed by atoms with Gasteiger partial charge in [-0.05, 0) is 127 Å². The van der Waals surface area contributed by atoms with Gasteiger partial charge >= 0.3 is 0 Å². The highest BCUT2D eigenvalue weighted by Crippen LogP contribution is 2.36. The number of hydrogen-bond acceptors (Lipinski definition) is 4. The summed E-state index contributed by atoms with van der Waals surface area (Å²) in [6.45, 7) is 15.3. The Bertz CT molecular complexity index is 989. The van der Waals surface area contributed by atoms with Crippen LogP contribution in [0.25, 0.3) is 0 Å². The Morgan fingerprint density at radius 3 is 2.32 bits per heavy atom. The molecule has 1 aliphatic carbocycles. The van der Waals surface area contributed by atoms with E-state index in [4.69, 9.17) is 16.3 Å². The Kier molecular flexibility index (Phi) is 8.83. The van der Waals surface area contributed by atoms with Crippen molar-refractivity contribution in [2.75, 3.05) is 19.7 Å². The second kappa shape index (κ2) is 11.2. The van der Waals surface area contributed by atoms with Gasteiger partial charge < -0.3 is 15.4 Å². The molecule has 34 heavy (non-hydrogen) atoms. The van der Waals surface area contributed by atoms with Crippen molar-refractivity contribution in [3.05, 3.63) is 63.7 Å². The quantitative estimate of drug-likeness (QED) is 0.418. The highest BCUT2D eigenvalue weighted by molar-refractivity contribution is 6.30. The Labute approximate surface area is 210 Å². The van der Waals surface area contributed by atoms with E-state index in [9.17, 15) is 4.79 Å². The third kappa shape index (κ3) is 7.83. The van der Waals surface area contributed by atoms with E-state index in [-0.39, 0.29) is 16.9 Å². The first-order chi connectivity index (χ1) is 15.9. The summed E-state index contributed by atoms with van der Waals surface area (Å²) >= 11 is 6.37. The summed E-state index contributed by atoms with van der Waals surface area (Å²) in [6.07, 6.45) is 3.91. The van der Waals surface area contributed by atoms with Crippen molar-refractivity contribution < 1.29 is 9.53 Å². The fourth-order valence-corrected chi connectivity index (χ4v) is 4.68. The van der Waals surface area contributed by atoms with Crippen molar-refractivity contribution in [3.63, 3.8) is 0 Å². The van der Waals surface area contributed by atoms with Crippen LogP contribution in [0.4, 0.5) is 0 Å². The van der Waals surface area contributed by atoms with Crippen molar-refractivity contribution in [2.45, 2.75) is 84.2 Å². The van der Waals surface area contributed by atoms with Crippen LogP contribution in [0.2, 0.25) is 5.02 Å². The highest BCUT2D eigenvalue weighted by atomic mass is 35.5. The SMILES string of the molecule is CC(C)(C)NCCCC1CCc2cc(OCCNC(C)(C)C)ccc2C(=O)c2ccc(Cl)cc21. The molecule has 0 radical (unpaired) electrons. The maximum absolute atomic E-state index is 13.6. The second-order valence-corrected chi connectivity index (χ2v) is 11.9. The maximum atomic E-state index is 13.6. The van der Waals surface area contributed by atoms with Gasteiger partial charge in [-0.25, -0.2) is 0 Å². The van der Waals surface area contributed by atoms with Crippen molar-refractivity contribution in [1.82, 2.24) is 10.6 Å². The van der Waals surface area contributed by atoms with Crippen LogP contribution < -0.4 is 15.4 Å². The van der Waals surface area contributed by atoms with Gasteiger partial charge in [-0.1, -0.05) is 11.6 Å². The summed E-state index contributed by atoms with van der Waals surface area (Å²) in [7, 11) is 0. The molecule has 0 heterocycles. The van der Waals surface area contributed by atoms with E-state index in [1.807, 2.05) is 30.3 Å². The smallest absolute Gasteiger partial charge is 0.193 e. The molecule has 0 aliphatic heterocycles. The first kappa shape index (κ1) is 26.7. The van der Waals surface area contributed by atoms with Crippen LogP contribution in [0.3, 0.4) is 0 Å². The molecule has 0 aromatic heterocycles. The summed E-state index contributed by atoms with van der Waals surface area (Å²) in [5, 5.41) is 7.71. The molecule has 0 saturated heterocycles. The third-order valence-electron chi connectivity index (χ3n) is 6.19. The van der Waals surface area contributed by atoms with Crippen LogP contribution in [-0.2, 0) is 6.42 Å². The number of benzene rings is 2. The van der Waals surface area contributed by atoms with Crippen LogP contribution in [-0.4, -0.2) is 36.6 Å². The number of halogens is 1. The van der Waals surface area contributed by atoms with Crippen molar-refractivity contribution in [1.29, 1.82) is 0 Å². The molecule has 4 nitrogen and oxygen atoms in total. The predicted octanol–water partition coefficient (Wildman–Crippen LogP) is 6.54. The zero-order valence-electron chi connectivity index (χ0n) is 21.7. The molecule has 0 bridgehead atoms. The molecule has 0 amide bonds. The van der Waals surface area contributed by atoms with E-state index in [2.05, 4.69) is 58.2 Å². The van der Waals surface area contributed by atoms with E-state index >= 15 is 0 Å². The monoisotopic (exact) mass is 484 g/mol. The summed E-state index contributed by atoms with van der Waals surface area (Å²) in [5.74, 6) is 1.21. The summed E-state index contributed by atoms with van der Waals surface area (Å²) < 4.78 is 6.00. The number of fused-ring (bicyclic) bond motifs is 2. The minimum absolute atomic E-state index is 0.0650. The van der Waals surface area contributed by atoms with E-state index < -0.39 is 0 Å². The van der Waals surface area contributed by atoms with Crippen LogP contribution in [0.15, 0.2) is 36.4 Å². The van der Waals surface area contributed by atoms with Gasteiger partial charge in [0.25, 0.3) is 0 Å². The molecular weight excluding hydrogens is 444 g/mol. The average Bonchev–Trinajstić information content (AvgIpc) is 2.73. The topological polar surface area (TPSA) is 50.4 Å². The number of hydrogen-bond donors (Lipinski definition) is 2. The predicted molar refractivity (Wildman–Crippen MR) is 143 cm³/mol. The number of ketones is 1. The summed E-state index contributed by atoms with van der Waals surface area (Å²) in [5.41, 5.74) is 3.89. The number of carbonyl (C=O) groups is 1. The number of ether oxygens (including phenoxy) is 1. The molecule has 1 aliphatic rings. The zero-order chi connectivity index (χ0) is 24.9. The van der Waals surface area contributed by atoms with Crippen LogP contribution in [0.5, 0.6) is 5.75 Å². The van der Waals surface area contributed by atoms with Crippen LogP contribution in [0, 0.1) is 0 Å². The summed E-state index contributed by atoms with van der Waals surface area (Å²) in [4.78, 5) is 13.6. The Morgan fingerprint density at radius 1 is 0.941 bits per heavy atom. The largest absolute Gasteiger partial charge is 0.492 e. The number of aryl methyl sites for hydroxylation is 1. The maximum Gasteiger partial charge on any atom is 0.193 e. The van der Waals surface area contributed by atoms with Gasteiger partial charge in [0.15, 0.2) is 5.78 Å². The minimum Gasteiger partial charge on any atom is -0.492 e. The number of rotatable bonds is 8. The molecule has 0 fully saturated rings. The van der Waals surface area contributed by atoms with E-state index in [1.54, 1.807) is 0 Å². The van der Waals surface area contributed by atoms with Crippen molar-refractivity contribution >= 4 is 17.4 Å². The zero-order valence-corrected chi connectivity index (χ0v) is 22.4. The van der Waals surface area contributed by atoms with Gasteiger partial charge in [0.2, 0.25) is 0 Å². The molecule has 1 atom stereocenters. The molecular formula is C29H41ClN2O2. The van der Waals surface area contributed by atoms with Gasteiger partial charge in [-0.3, -0.25) is 4.79 Å². The van der Waals surface area contributed by atoms with Crippen LogP contribution >= 0.6 is 11.6 Å². The standard InChI is InChI=1S/C29H41ClN2O2/c1-28(2,3)31-15-7-8-20-9-10-21-18-23(34-17-16-32-29(4,5)6)12-14-24(21)27(33)25-13-11-22(30)19-26(20)25/h11-14,18-20,31-32H,7-10,15-17H2,1-6H3. The first-order valence-electron chi connectivity index (χ1n) is 12.5. The lowest BCUT2D eigenvalue weighted by atomic mass is 9.80. The molecule has 3 rings (SSSR count). The lowest BCUT2D eigenvalue weighted by Crippen LogP contribution is -2.38. The lowest BCUT2D eigenvalue weighted by molar-refractivity contribution is 0.103. The van der Waals surface area contributed by atoms with E-state index in [0.29, 0.717) is 17.5 Å². The van der Waals surface area contributed by atoms with Crippen molar-refractivity contribution in [2.24, 2.45) is 0 Å². The van der Waals surface area contributed by atoms with Crippen molar-refractivity contribution in [3.8, 4) is 5.75 Å². The molecule has 2 aromatic carbocycles. The third-order valence-corrected chi connectivity index (χ3v) is 6.43. The van der Waals surface area contributed by atoms with Gasteiger partial charge in [-0.2, -0.15) is 0 Å². The molecule has 186 valence electrons. The fraction of sp³-hybridized carbons (Fsp3) is 0.552. The van der Waals surface area contributed by atoms with E-state index in [1.165, 1.54) is 0 Å². The average molecular weight is 485 g/mol. The minimum atomic E-state index is 0.0650. The summed E-state index contributed by atoms with van der Waals surface area (Å²) in [6, 6.07) is 11.6. The molecule has 5 heteroatoms. The van der Waals surface area contributed by atoms with Gasteiger partial charge in [0.1, 0.15) is 12.4 Å². The Morgan fingerprint density at radius 2 is 1.62 bits per heavy atom. The van der Waals surface area contributed by atoms with Crippen LogP contribution in [0.1, 0.15) is 93.8 Å². The van der Waals surface area contributed by atoms with Gasteiger partial charge in [0.05, 0.1) is 0 Å². The molecule has 2 N–H and O–H groups in total. The highest BCUT2D eigenvalue weighted by Gasteiger charge is 2.26. The first-order valence-corrected chi connectivity index (χ1v) is 12.9. The fourth-order valence-electron chi connectivity index (χ4n) is 4.50. The van der Waals surface area contributed by atoms with Gasteiger partial charge in [-0.15, -0.1) is 0 Å². The Balaban J connectivity index is 1.78. The normalized spacial score (nSPS) is 16.4. The number of carbonyl (C=O) groups excluding carboxylic acids is 1. The molecule has 2 aromatic rings. The second-order valence-electron chi connectivity index (χ2n) is 11.5. The van der Waals surface area contributed by atoms with E-state index in [0.717, 1.165) is 66.8 Å². The molecule has 0 saturated carbocycles.